The number of anilines is 1. The van der Waals surface area contributed by atoms with Gasteiger partial charge in [0.15, 0.2) is 0 Å². The zero-order chi connectivity index (χ0) is 16.9. The van der Waals surface area contributed by atoms with E-state index in [-0.39, 0.29) is 9.92 Å². The second kappa shape index (κ2) is 8.05. The maximum atomic E-state index is 11.5. The Kier molecular flexibility index (Phi) is 6.34. The number of halogens is 1. The summed E-state index contributed by atoms with van der Waals surface area (Å²) >= 11 is 7.24. The summed E-state index contributed by atoms with van der Waals surface area (Å²) in [6.45, 7) is 3.02. The van der Waals surface area contributed by atoms with Crippen molar-refractivity contribution in [3.8, 4) is 10.6 Å². The van der Waals surface area contributed by atoms with Gasteiger partial charge < -0.3 is 5.32 Å². The maximum Gasteiger partial charge on any atom is 0.239 e. The van der Waals surface area contributed by atoms with Crippen molar-refractivity contribution in [1.29, 1.82) is 0 Å². The normalized spacial score (nSPS) is 11.6. The molecule has 2 rings (SSSR count). The number of primary sulfonamides is 1. The predicted octanol–water partition coefficient (Wildman–Crippen LogP) is 3.50. The first kappa shape index (κ1) is 18.1. The van der Waals surface area contributed by atoms with Crippen LogP contribution < -0.4 is 10.5 Å². The van der Waals surface area contributed by atoms with Gasteiger partial charge in [-0.05, 0) is 18.6 Å². The van der Waals surface area contributed by atoms with Gasteiger partial charge in [0.1, 0.15) is 9.90 Å². The maximum absolute atomic E-state index is 11.5. The second-order valence-corrected chi connectivity index (χ2v) is 8.00. The quantitative estimate of drug-likeness (QED) is 0.689. The Hall–Kier alpha value is -1.22. The highest BCUT2D eigenvalue weighted by Crippen LogP contribution is 2.30. The Morgan fingerprint density at radius 2 is 2.04 bits per heavy atom. The number of rotatable bonds is 8. The van der Waals surface area contributed by atoms with E-state index in [4.69, 9.17) is 16.7 Å². The highest BCUT2D eigenvalue weighted by atomic mass is 35.5. The van der Waals surface area contributed by atoms with Gasteiger partial charge in [-0.3, -0.25) is 0 Å². The van der Waals surface area contributed by atoms with Crippen molar-refractivity contribution in [3.05, 3.63) is 23.2 Å². The van der Waals surface area contributed by atoms with Crippen LogP contribution in [0.1, 0.15) is 32.6 Å². The lowest BCUT2D eigenvalue weighted by Gasteiger charge is -2.03. The van der Waals surface area contributed by atoms with Crippen LogP contribution in [0.4, 0.5) is 5.13 Å². The van der Waals surface area contributed by atoms with Gasteiger partial charge in [0, 0.05) is 12.1 Å². The molecule has 0 aliphatic rings. The number of hydrogen-bond donors (Lipinski definition) is 2. The molecule has 0 radical (unpaired) electrons. The van der Waals surface area contributed by atoms with Crippen LogP contribution in [0.3, 0.4) is 0 Å². The van der Waals surface area contributed by atoms with E-state index >= 15 is 0 Å². The van der Waals surface area contributed by atoms with Gasteiger partial charge in [-0.25, -0.2) is 13.6 Å². The summed E-state index contributed by atoms with van der Waals surface area (Å²) in [5.74, 6) is 0. The van der Waals surface area contributed by atoms with Crippen molar-refractivity contribution in [1.82, 2.24) is 10.2 Å². The summed E-state index contributed by atoms with van der Waals surface area (Å²) in [4.78, 5) is -0.110. The molecule has 2 aromatic rings. The van der Waals surface area contributed by atoms with E-state index in [0.717, 1.165) is 13.0 Å². The third kappa shape index (κ3) is 5.13. The zero-order valence-electron chi connectivity index (χ0n) is 12.8. The van der Waals surface area contributed by atoms with Gasteiger partial charge in [-0.15, -0.1) is 10.2 Å². The van der Waals surface area contributed by atoms with Crippen molar-refractivity contribution in [3.63, 3.8) is 0 Å². The van der Waals surface area contributed by atoms with Gasteiger partial charge in [0.25, 0.3) is 0 Å². The zero-order valence-corrected chi connectivity index (χ0v) is 15.1. The van der Waals surface area contributed by atoms with E-state index in [0.29, 0.717) is 15.7 Å². The summed E-state index contributed by atoms with van der Waals surface area (Å²) in [7, 11) is -3.87. The molecule has 0 saturated carbocycles. The Labute approximate surface area is 145 Å². The molecule has 23 heavy (non-hydrogen) atoms. The van der Waals surface area contributed by atoms with Crippen LogP contribution in [0, 0.1) is 0 Å². The number of benzene rings is 1. The van der Waals surface area contributed by atoms with Crippen LogP contribution in [-0.2, 0) is 10.0 Å². The molecule has 1 aromatic carbocycles. The molecule has 0 amide bonds. The summed E-state index contributed by atoms with van der Waals surface area (Å²) in [5, 5.41) is 18.0. The molecule has 1 aromatic heterocycles. The molecule has 3 N–H and O–H groups in total. The highest BCUT2D eigenvalue weighted by Gasteiger charge is 2.16. The van der Waals surface area contributed by atoms with Gasteiger partial charge in [0.2, 0.25) is 15.2 Å². The van der Waals surface area contributed by atoms with E-state index in [1.807, 2.05) is 0 Å². The summed E-state index contributed by atoms with van der Waals surface area (Å²) < 4.78 is 23.0. The standard InChI is InChI=1S/C14H19ClN4O2S2/c1-2-3-4-5-8-17-14-19-18-13(22-14)10-6-7-11(15)12(9-10)23(16,20)21/h6-7,9H,2-5,8H2,1H3,(H,17,19)(H2,16,20,21). The van der Waals surface area contributed by atoms with Crippen molar-refractivity contribution in [2.75, 3.05) is 11.9 Å². The third-order valence-electron chi connectivity index (χ3n) is 3.22. The molecule has 0 atom stereocenters. The lowest BCUT2D eigenvalue weighted by atomic mass is 10.2. The molecule has 0 unspecified atom stereocenters. The molecular formula is C14H19ClN4O2S2. The van der Waals surface area contributed by atoms with Crippen LogP contribution in [0.5, 0.6) is 0 Å². The monoisotopic (exact) mass is 374 g/mol. The molecule has 0 aliphatic heterocycles. The number of nitrogens with one attached hydrogen (secondary N) is 1. The number of unbranched alkanes of at least 4 members (excludes halogenated alkanes) is 3. The van der Waals surface area contributed by atoms with Crippen LogP contribution >= 0.6 is 22.9 Å². The van der Waals surface area contributed by atoms with Crippen LogP contribution in [0.2, 0.25) is 5.02 Å². The van der Waals surface area contributed by atoms with Crippen LogP contribution in [0.15, 0.2) is 23.1 Å². The molecule has 6 nitrogen and oxygen atoms in total. The van der Waals surface area contributed by atoms with Gasteiger partial charge >= 0.3 is 0 Å². The number of aromatic nitrogens is 2. The average Bonchev–Trinajstić information content (AvgIpc) is 2.95. The Morgan fingerprint density at radius 3 is 2.74 bits per heavy atom. The highest BCUT2D eigenvalue weighted by molar-refractivity contribution is 7.89. The topological polar surface area (TPSA) is 98.0 Å². The largest absolute Gasteiger partial charge is 0.360 e. The van der Waals surface area contributed by atoms with Crippen molar-refractivity contribution in [2.24, 2.45) is 5.14 Å². The van der Waals surface area contributed by atoms with E-state index in [1.54, 1.807) is 6.07 Å². The molecule has 0 bridgehead atoms. The summed E-state index contributed by atoms with van der Waals surface area (Å²) in [5.41, 5.74) is 0.620. The van der Waals surface area contributed by atoms with Crippen LogP contribution in [-0.4, -0.2) is 25.2 Å². The van der Waals surface area contributed by atoms with Crippen molar-refractivity contribution in [2.45, 2.75) is 37.5 Å². The van der Waals surface area contributed by atoms with E-state index < -0.39 is 10.0 Å². The van der Waals surface area contributed by atoms with Crippen molar-refractivity contribution < 1.29 is 8.42 Å². The first-order chi connectivity index (χ1) is 10.9. The Balaban J connectivity index is 2.09. The Bertz CT molecular complexity index is 762. The molecule has 0 fully saturated rings. The molecule has 0 aliphatic carbocycles. The third-order valence-corrected chi connectivity index (χ3v) is 5.54. The van der Waals surface area contributed by atoms with E-state index in [9.17, 15) is 8.42 Å². The van der Waals surface area contributed by atoms with Gasteiger partial charge in [-0.2, -0.15) is 0 Å². The minimum absolute atomic E-state index is 0.0926. The van der Waals surface area contributed by atoms with Crippen molar-refractivity contribution >= 4 is 38.1 Å². The van der Waals surface area contributed by atoms with Gasteiger partial charge in [0.05, 0.1) is 5.02 Å². The Morgan fingerprint density at radius 1 is 1.26 bits per heavy atom. The number of nitrogens with zero attached hydrogens (tertiary/aromatic N) is 2. The SMILES string of the molecule is CCCCCCNc1nnc(-c2ccc(Cl)c(S(N)(=O)=O)c2)s1. The van der Waals surface area contributed by atoms with E-state index in [2.05, 4.69) is 22.4 Å². The van der Waals surface area contributed by atoms with Crippen LogP contribution in [0.25, 0.3) is 10.6 Å². The van der Waals surface area contributed by atoms with Gasteiger partial charge in [-0.1, -0.05) is 55.2 Å². The fourth-order valence-corrected chi connectivity index (χ4v) is 3.85. The molecule has 1 heterocycles. The number of hydrogen-bond acceptors (Lipinski definition) is 6. The number of sulfonamides is 1. The minimum Gasteiger partial charge on any atom is -0.360 e. The first-order valence-corrected chi connectivity index (χ1v) is 10.1. The smallest absolute Gasteiger partial charge is 0.239 e. The fraction of sp³-hybridized carbons (Fsp3) is 0.429. The predicted molar refractivity (Wildman–Crippen MR) is 94.4 cm³/mol. The summed E-state index contributed by atoms with van der Waals surface area (Å²) in [6, 6.07) is 4.61. The number of nitrogens with two attached hydrogens (primary N) is 1. The lowest BCUT2D eigenvalue weighted by molar-refractivity contribution is 0.598. The molecule has 0 spiro atoms. The fourth-order valence-electron chi connectivity index (χ4n) is 2.01. The second-order valence-electron chi connectivity index (χ2n) is 5.09. The molecule has 9 heteroatoms. The lowest BCUT2D eigenvalue weighted by Crippen LogP contribution is -2.12. The molecule has 126 valence electrons. The molecule has 0 saturated heterocycles. The minimum atomic E-state index is -3.87. The summed E-state index contributed by atoms with van der Waals surface area (Å²) in [6.07, 6.45) is 4.69. The average molecular weight is 375 g/mol. The van der Waals surface area contributed by atoms with E-state index in [1.165, 1.54) is 42.7 Å². The first-order valence-electron chi connectivity index (χ1n) is 7.32. The molecular weight excluding hydrogens is 356 g/mol.